The van der Waals surface area contributed by atoms with E-state index >= 15 is 0 Å². The SMILES string of the molecule is Cc1cccc(Cl)c1Nc1ncnc(N)c1C(C)C. The van der Waals surface area contributed by atoms with E-state index in [0.29, 0.717) is 16.7 Å². The molecule has 0 atom stereocenters. The lowest BCUT2D eigenvalue weighted by Crippen LogP contribution is -2.07. The van der Waals surface area contributed by atoms with Crippen molar-refractivity contribution in [2.24, 2.45) is 0 Å². The maximum atomic E-state index is 6.21. The highest BCUT2D eigenvalue weighted by Gasteiger charge is 2.14. The van der Waals surface area contributed by atoms with Gasteiger partial charge in [-0.25, -0.2) is 9.97 Å². The number of para-hydroxylation sites is 1. The molecule has 19 heavy (non-hydrogen) atoms. The van der Waals surface area contributed by atoms with Crippen molar-refractivity contribution in [3.8, 4) is 0 Å². The zero-order chi connectivity index (χ0) is 14.0. The topological polar surface area (TPSA) is 63.8 Å². The zero-order valence-electron chi connectivity index (χ0n) is 11.2. The second-order valence-electron chi connectivity index (χ2n) is 4.73. The zero-order valence-corrected chi connectivity index (χ0v) is 12.0. The molecule has 0 aliphatic rings. The van der Waals surface area contributed by atoms with Gasteiger partial charge < -0.3 is 11.1 Å². The minimum atomic E-state index is 0.228. The number of halogens is 1. The first-order chi connectivity index (χ1) is 9.00. The fraction of sp³-hybridized carbons (Fsp3) is 0.286. The summed E-state index contributed by atoms with van der Waals surface area (Å²) in [4.78, 5) is 8.32. The number of aromatic nitrogens is 2. The molecule has 1 heterocycles. The van der Waals surface area contributed by atoms with Gasteiger partial charge in [0.2, 0.25) is 0 Å². The Balaban J connectivity index is 2.47. The van der Waals surface area contributed by atoms with Crippen molar-refractivity contribution < 1.29 is 0 Å². The molecule has 3 N–H and O–H groups in total. The first-order valence-electron chi connectivity index (χ1n) is 6.13. The first-order valence-corrected chi connectivity index (χ1v) is 6.51. The van der Waals surface area contributed by atoms with Gasteiger partial charge in [0.15, 0.2) is 0 Å². The maximum Gasteiger partial charge on any atom is 0.139 e. The molecule has 0 aliphatic heterocycles. The van der Waals surface area contributed by atoms with E-state index in [1.165, 1.54) is 6.33 Å². The molecule has 1 aromatic carbocycles. The van der Waals surface area contributed by atoms with Gasteiger partial charge in [0.25, 0.3) is 0 Å². The van der Waals surface area contributed by atoms with E-state index in [-0.39, 0.29) is 5.92 Å². The van der Waals surface area contributed by atoms with Crippen LogP contribution in [0, 0.1) is 6.92 Å². The molecule has 0 spiro atoms. The highest BCUT2D eigenvalue weighted by atomic mass is 35.5. The third-order valence-electron chi connectivity index (χ3n) is 2.96. The molecule has 0 bridgehead atoms. The Labute approximate surface area is 118 Å². The summed E-state index contributed by atoms with van der Waals surface area (Å²) in [5.74, 6) is 1.43. The quantitative estimate of drug-likeness (QED) is 0.893. The van der Waals surface area contributed by atoms with Gasteiger partial charge in [-0.1, -0.05) is 37.6 Å². The average molecular weight is 277 g/mol. The third-order valence-corrected chi connectivity index (χ3v) is 3.27. The van der Waals surface area contributed by atoms with Crippen LogP contribution in [-0.2, 0) is 0 Å². The number of nitrogen functional groups attached to an aromatic ring is 1. The molecule has 0 unspecified atom stereocenters. The lowest BCUT2D eigenvalue weighted by Gasteiger charge is -2.16. The summed E-state index contributed by atoms with van der Waals surface area (Å²) in [5, 5.41) is 3.93. The van der Waals surface area contributed by atoms with Gasteiger partial charge in [-0.15, -0.1) is 0 Å². The average Bonchev–Trinajstić information content (AvgIpc) is 2.33. The van der Waals surface area contributed by atoms with Crippen LogP contribution in [0.1, 0.15) is 30.9 Å². The summed E-state index contributed by atoms with van der Waals surface area (Å²) in [6, 6.07) is 5.75. The van der Waals surface area contributed by atoms with E-state index in [2.05, 4.69) is 29.1 Å². The van der Waals surface area contributed by atoms with Gasteiger partial charge in [0.1, 0.15) is 18.0 Å². The Hall–Kier alpha value is -1.81. The van der Waals surface area contributed by atoms with E-state index in [4.69, 9.17) is 17.3 Å². The molecule has 100 valence electrons. The number of hydrogen-bond acceptors (Lipinski definition) is 4. The summed E-state index contributed by atoms with van der Waals surface area (Å²) < 4.78 is 0. The normalized spacial score (nSPS) is 10.8. The molecule has 4 nitrogen and oxygen atoms in total. The molecule has 5 heteroatoms. The van der Waals surface area contributed by atoms with Gasteiger partial charge in [-0.3, -0.25) is 0 Å². The van der Waals surface area contributed by atoms with E-state index < -0.39 is 0 Å². The molecular formula is C14H17ClN4. The Morgan fingerprint density at radius 2 is 2.00 bits per heavy atom. The van der Waals surface area contributed by atoms with Crippen LogP contribution in [0.5, 0.6) is 0 Å². The highest BCUT2D eigenvalue weighted by molar-refractivity contribution is 6.33. The van der Waals surface area contributed by atoms with Gasteiger partial charge >= 0.3 is 0 Å². The van der Waals surface area contributed by atoms with Crippen LogP contribution >= 0.6 is 11.6 Å². The van der Waals surface area contributed by atoms with Gasteiger partial charge in [-0.2, -0.15) is 0 Å². The number of nitrogens with two attached hydrogens (primary N) is 1. The summed E-state index contributed by atoms with van der Waals surface area (Å²) in [6.07, 6.45) is 1.45. The fourth-order valence-electron chi connectivity index (χ4n) is 1.99. The van der Waals surface area contributed by atoms with E-state index in [1.54, 1.807) is 0 Å². The smallest absolute Gasteiger partial charge is 0.139 e. The van der Waals surface area contributed by atoms with Crippen molar-refractivity contribution in [3.63, 3.8) is 0 Å². The number of hydrogen-bond donors (Lipinski definition) is 2. The van der Waals surface area contributed by atoms with Crippen molar-refractivity contribution in [1.82, 2.24) is 9.97 Å². The summed E-state index contributed by atoms with van der Waals surface area (Å²) in [6.45, 7) is 6.10. The van der Waals surface area contributed by atoms with Crippen LogP contribution in [-0.4, -0.2) is 9.97 Å². The molecular weight excluding hydrogens is 260 g/mol. The maximum absolute atomic E-state index is 6.21. The van der Waals surface area contributed by atoms with Crippen LogP contribution < -0.4 is 11.1 Å². The van der Waals surface area contributed by atoms with E-state index in [9.17, 15) is 0 Å². The first kappa shape index (κ1) is 13.6. The molecule has 0 amide bonds. The van der Waals surface area contributed by atoms with Crippen LogP contribution in [0.3, 0.4) is 0 Å². The largest absolute Gasteiger partial charge is 0.383 e. The number of nitrogens with zero attached hydrogens (tertiary/aromatic N) is 2. The van der Waals surface area contributed by atoms with Crippen molar-refractivity contribution >= 4 is 28.9 Å². The predicted molar refractivity (Wildman–Crippen MR) is 80.0 cm³/mol. The van der Waals surface area contributed by atoms with Crippen molar-refractivity contribution in [1.29, 1.82) is 0 Å². The number of benzene rings is 1. The highest BCUT2D eigenvalue weighted by Crippen LogP contribution is 2.32. The fourth-order valence-corrected chi connectivity index (χ4v) is 2.26. The minimum absolute atomic E-state index is 0.228. The molecule has 1 aromatic heterocycles. The predicted octanol–water partition coefficient (Wildman–Crippen LogP) is 3.89. The summed E-state index contributed by atoms with van der Waals surface area (Å²) >= 11 is 6.21. The Kier molecular flexibility index (Phi) is 3.90. The summed E-state index contributed by atoms with van der Waals surface area (Å²) in [5.41, 5.74) is 8.74. The number of aryl methyl sites for hydroxylation is 1. The lowest BCUT2D eigenvalue weighted by atomic mass is 10.0. The number of anilines is 3. The van der Waals surface area contributed by atoms with Gasteiger partial charge in [0.05, 0.1) is 10.7 Å². The molecule has 2 aromatic rings. The Bertz CT molecular complexity index is 576. The minimum Gasteiger partial charge on any atom is -0.383 e. The van der Waals surface area contributed by atoms with Crippen LogP contribution in [0.2, 0.25) is 5.02 Å². The molecule has 0 aliphatic carbocycles. The molecule has 2 rings (SSSR count). The van der Waals surface area contributed by atoms with Gasteiger partial charge in [0, 0.05) is 5.56 Å². The van der Waals surface area contributed by atoms with E-state index in [1.807, 2.05) is 25.1 Å². The monoisotopic (exact) mass is 276 g/mol. The molecule has 0 saturated carbocycles. The number of rotatable bonds is 3. The Morgan fingerprint density at radius 3 is 2.63 bits per heavy atom. The van der Waals surface area contributed by atoms with E-state index in [0.717, 1.165) is 16.8 Å². The van der Waals surface area contributed by atoms with Gasteiger partial charge in [-0.05, 0) is 24.5 Å². The van der Waals surface area contributed by atoms with Crippen LogP contribution in [0.25, 0.3) is 0 Å². The second-order valence-corrected chi connectivity index (χ2v) is 5.14. The summed E-state index contributed by atoms with van der Waals surface area (Å²) in [7, 11) is 0. The van der Waals surface area contributed by atoms with Crippen molar-refractivity contribution in [2.75, 3.05) is 11.1 Å². The molecule has 0 saturated heterocycles. The van der Waals surface area contributed by atoms with Crippen molar-refractivity contribution in [3.05, 3.63) is 40.7 Å². The second kappa shape index (κ2) is 5.45. The Morgan fingerprint density at radius 1 is 1.26 bits per heavy atom. The number of nitrogens with one attached hydrogen (secondary N) is 1. The lowest BCUT2D eigenvalue weighted by molar-refractivity contribution is 0.855. The van der Waals surface area contributed by atoms with Crippen molar-refractivity contribution in [2.45, 2.75) is 26.7 Å². The standard InChI is InChI=1S/C14H17ClN4/c1-8(2)11-13(16)17-7-18-14(11)19-12-9(3)5-4-6-10(12)15/h4-8H,1-3H3,(H3,16,17,18,19). The molecule has 0 fully saturated rings. The molecule has 0 radical (unpaired) electrons. The van der Waals surface area contributed by atoms with Crippen LogP contribution in [0.15, 0.2) is 24.5 Å². The third kappa shape index (κ3) is 2.79. The van der Waals surface area contributed by atoms with Crippen LogP contribution in [0.4, 0.5) is 17.3 Å².